The zero-order valence-electron chi connectivity index (χ0n) is 20.0. The molecule has 34 heavy (non-hydrogen) atoms. The molecular formula is C28H28N2O4. The Bertz CT molecular complexity index is 1280. The van der Waals surface area contributed by atoms with Gasteiger partial charge >= 0.3 is 0 Å². The van der Waals surface area contributed by atoms with E-state index >= 15 is 0 Å². The summed E-state index contributed by atoms with van der Waals surface area (Å²) in [7, 11) is 1.56. The SMILES string of the molecule is COc1ccccc1NC1=C(c2ccc(OC(C)C)cc2)C(=O)N(c2ccc(C)cc2C)C1=O. The molecule has 0 aliphatic carbocycles. The number of rotatable bonds is 7. The number of carbonyl (C=O) groups is 2. The zero-order valence-corrected chi connectivity index (χ0v) is 20.0. The van der Waals surface area contributed by atoms with Crippen LogP contribution in [0, 0.1) is 13.8 Å². The van der Waals surface area contributed by atoms with Gasteiger partial charge in [-0.05, 0) is 69.2 Å². The molecule has 0 spiro atoms. The van der Waals surface area contributed by atoms with E-state index in [1.165, 1.54) is 4.90 Å². The highest BCUT2D eigenvalue weighted by Gasteiger charge is 2.41. The molecule has 1 aliphatic heterocycles. The van der Waals surface area contributed by atoms with Gasteiger partial charge in [-0.2, -0.15) is 0 Å². The average Bonchev–Trinajstić information content (AvgIpc) is 3.04. The molecule has 3 aromatic carbocycles. The smallest absolute Gasteiger partial charge is 0.282 e. The molecule has 1 N–H and O–H groups in total. The van der Waals surface area contributed by atoms with E-state index in [-0.39, 0.29) is 17.7 Å². The van der Waals surface area contributed by atoms with E-state index in [9.17, 15) is 9.59 Å². The number of methoxy groups -OCH3 is 1. The topological polar surface area (TPSA) is 67.9 Å². The normalized spacial score (nSPS) is 13.6. The van der Waals surface area contributed by atoms with Gasteiger partial charge in [-0.25, -0.2) is 4.90 Å². The van der Waals surface area contributed by atoms with Crippen molar-refractivity contribution in [3.8, 4) is 11.5 Å². The van der Waals surface area contributed by atoms with Crippen LogP contribution in [0.3, 0.4) is 0 Å². The first-order chi connectivity index (χ1) is 16.3. The molecule has 0 saturated carbocycles. The summed E-state index contributed by atoms with van der Waals surface area (Å²) in [4.78, 5) is 28.6. The molecule has 0 fully saturated rings. The summed E-state index contributed by atoms with van der Waals surface area (Å²) >= 11 is 0. The van der Waals surface area contributed by atoms with Crippen LogP contribution >= 0.6 is 0 Å². The predicted octanol–water partition coefficient (Wildman–Crippen LogP) is 5.50. The molecule has 0 atom stereocenters. The van der Waals surface area contributed by atoms with E-state index in [1.807, 2.05) is 58.0 Å². The van der Waals surface area contributed by atoms with Gasteiger partial charge in [-0.1, -0.05) is 42.0 Å². The second-order valence-corrected chi connectivity index (χ2v) is 8.50. The van der Waals surface area contributed by atoms with Gasteiger partial charge in [0.1, 0.15) is 17.2 Å². The van der Waals surface area contributed by atoms with Crippen molar-refractivity contribution in [3.63, 3.8) is 0 Å². The number of para-hydroxylation sites is 2. The first-order valence-electron chi connectivity index (χ1n) is 11.2. The summed E-state index contributed by atoms with van der Waals surface area (Å²) in [5.74, 6) is 0.467. The molecule has 0 bridgehead atoms. The monoisotopic (exact) mass is 456 g/mol. The van der Waals surface area contributed by atoms with Crippen molar-refractivity contribution in [2.24, 2.45) is 0 Å². The Morgan fingerprint density at radius 2 is 1.59 bits per heavy atom. The summed E-state index contributed by atoms with van der Waals surface area (Å²) in [5, 5.41) is 3.18. The van der Waals surface area contributed by atoms with Crippen molar-refractivity contribution in [1.82, 2.24) is 0 Å². The lowest BCUT2D eigenvalue weighted by atomic mass is 10.0. The van der Waals surface area contributed by atoms with Gasteiger partial charge in [-0.15, -0.1) is 0 Å². The minimum Gasteiger partial charge on any atom is -0.495 e. The second-order valence-electron chi connectivity index (χ2n) is 8.50. The fourth-order valence-corrected chi connectivity index (χ4v) is 4.04. The summed E-state index contributed by atoms with van der Waals surface area (Å²) in [6.45, 7) is 7.77. The van der Waals surface area contributed by atoms with Gasteiger partial charge in [0.2, 0.25) is 0 Å². The summed E-state index contributed by atoms with van der Waals surface area (Å²) < 4.78 is 11.2. The third kappa shape index (κ3) is 4.39. The lowest BCUT2D eigenvalue weighted by Crippen LogP contribution is -2.33. The summed E-state index contributed by atoms with van der Waals surface area (Å²) in [6, 6.07) is 20.2. The Kier molecular flexibility index (Phi) is 6.41. The Morgan fingerprint density at radius 3 is 2.24 bits per heavy atom. The van der Waals surface area contributed by atoms with Gasteiger partial charge < -0.3 is 14.8 Å². The Hall–Kier alpha value is -4.06. The number of anilines is 2. The molecule has 3 aromatic rings. The maximum absolute atomic E-state index is 13.7. The van der Waals surface area contributed by atoms with Crippen LogP contribution in [0.15, 0.2) is 72.4 Å². The van der Waals surface area contributed by atoms with E-state index in [0.29, 0.717) is 34.0 Å². The molecule has 0 saturated heterocycles. The maximum Gasteiger partial charge on any atom is 0.282 e. The number of ether oxygens (including phenoxy) is 2. The quantitative estimate of drug-likeness (QED) is 0.476. The van der Waals surface area contributed by atoms with Crippen LogP contribution < -0.4 is 19.7 Å². The number of aryl methyl sites for hydroxylation is 2. The van der Waals surface area contributed by atoms with E-state index in [2.05, 4.69) is 5.32 Å². The van der Waals surface area contributed by atoms with Gasteiger partial charge in [-0.3, -0.25) is 9.59 Å². The van der Waals surface area contributed by atoms with Crippen LogP contribution in [-0.4, -0.2) is 25.0 Å². The molecule has 1 heterocycles. The molecule has 2 amide bonds. The molecule has 174 valence electrons. The lowest BCUT2D eigenvalue weighted by Gasteiger charge is -2.18. The molecule has 1 aliphatic rings. The van der Waals surface area contributed by atoms with Crippen LogP contribution in [0.2, 0.25) is 0 Å². The molecular weight excluding hydrogens is 428 g/mol. The number of carbonyl (C=O) groups excluding carboxylic acids is 2. The van der Waals surface area contributed by atoms with Crippen LogP contribution in [0.1, 0.15) is 30.5 Å². The van der Waals surface area contributed by atoms with Crippen LogP contribution in [0.25, 0.3) is 5.57 Å². The van der Waals surface area contributed by atoms with Gasteiger partial charge in [0, 0.05) is 0 Å². The zero-order chi connectivity index (χ0) is 24.4. The molecule has 6 nitrogen and oxygen atoms in total. The van der Waals surface area contributed by atoms with Crippen molar-refractivity contribution >= 4 is 28.8 Å². The summed E-state index contributed by atoms with van der Waals surface area (Å²) in [6.07, 6.45) is 0.0301. The highest BCUT2D eigenvalue weighted by atomic mass is 16.5. The fraction of sp³-hybridized carbons (Fsp3) is 0.214. The molecule has 6 heteroatoms. The summed E-state index contributed by atoms with van der Waals surface area (Å²) in [5.41, 5.74) is 4.19. The van der Waals surface area contributed by atoms with E-state index < -0.39 is 5.91 Å². The number of amides is 2. The largest absolute Gasteiger partial charge is 0.495 e. The number of nitrogens with zero attached hydrogens (tertiary/aromatic N) is 1. The maximum atomic E-state index is 13.7. The minimum absolute atomic E-state index is 0.0301. The van der Waals surface area contributed by atoms with Crippen molar-refractivity contribution in [1.29, 1.82) is 0 Å². The number of imide groups is 1. The Balaban J connectivity index is 1.82. The fourth-order valence-electron chi connectivity index (χ4n) is 4.04. The van der Waals surface area contributed by atoms with Crippen LogP contribution in [-0.2, 0) is 9.59 Å². The standard InChI is InChI=1S/C28H28N2O4/c1-17(2)34-21-13-11-20(12-14-21)25-26(29-22-8-6-7-9-24(22)33-5)28(32)30(27(25)31)23-15-10-18(3)16-19(23)4/h6-17,29H,1-5H3. The molecule has 0 aromatic heterocycles. The minimum atomic E-state index is -0.416. The van der Waals surface area contributed by atoms with E-state index in [1.54, 1.807) is 43.5 Å². The predicted molar refractivity (Wildman–Crippen MR) is 134 cm³/mol. The lowest BCUT2D eigenvalue weighted by molar-refractivity contribution is -0.120. The number of hydrogen-bond donors (Lipinski definition) is 1. The number of nitrogens with one attached hydrogen (secondary N) is 1. The molecule has 0 radical (unpaired) electrons. The van der Waals surface area contributed by atoms with Crippen molar-refractivity contribution in [2.45, 2.75) is 33.8 Å². The van der Waals surface area contributed by atoms with Crippen molar-refractivity contribution < 1.29 is 19.1 Å². The highest BCUT2D eigenvalue weighted by Crippen LogP contribution is 2.37. The van der Waals surface area contributed by atoms with Crippen molar-refractivity contribution in [3.05, 3.63) is 89.1 Å². The number of benzene rings is 3. The van der Waals surface area contributed by atoms with Crippen LogP contribution in [0.4, 0.5) is 11.4 Å². The third-order valence-corrected chi connectivity index (χ3v) is 5.56. The van der Waals surface area contributed by atoms with Crippen LogP contribution in [0.5, 0.6) is 11.5 Å². The van der Waals surface area contributed by atoms with Gasteiger partial charge in [0.15, 0.2) is 0 Å². The third-order valence-electron chi connectivity index (χ3n) is 5.56. The van der Waals surface area contributed by atoms with E-state index in [4.69, 9.17) is 9.47 Å². The number of hydrogen-bond acceptors (Lipinski definition) is 5. The highest BCUT2D eigenvalue weighted by molar-refractivity contribution is 6.46. The first-order valence-corrected chi connectivity index (χ1v) is 11.2. The molecule has 4 rings (SSSR count). The van der Waals surface area contributed by atoms with Gasteiger partial charge in [0.05, 0.1) is 30.2 Å². The second kappa shape index (κ2) is 9.43. The van der Waals surface area contributed by atoms with Gasteiger partial charge in [0.25, 0.3) is 11.8 Å². The molecule has 0 unspecified atom stereocenters. The average molecular weight is 457 g/mol. The van der Waals surface area contributed by atoms with E-state index in [0.717, 1.165) is 11.1 Å². The van der Waals surface area contributed by atoms with Crippen molar-refractivity contribution in [2.75, 3.05) is 17.3 Å². The Morgan fingerprint density at radius 1 is 0.882 bits per heavy atom. The first kappa shape index (κ1) is 23.1. The Labute approximate surface area is 199 Å².